The first-order valence-corrected chi connectivity index (χ1v) is 15.6. The number of thiophene rings is 1. The van der Waals surface area contributed by atoms with Crippen LogP contribution < -0.4 is 16.0 Å². The van der Waals surface area contributed by atoms with Crippen molar-refractivity contribution in [1.82, 2.24) is 0 Å². The van der Waals surface area contributed by atoms with Crippen molar-refractivity contribution in [2.45, 2.75) is 57.3 Å². The molecule has 1 heterocycles. The lowest BCUT2D eigenvalue weighted by atomic mass is 9.96. The van der Waals surface area contributed by atoms with E-state index in [1.807, 2.05) is 24.3 Å². The average molecular weight is 596 g/mol. The van der Waals surface area contributed by atoms with Gasteiger partial charge in [-0.1, -0.05) is 18.9 Å². The lowest BCUT2D eigenvalue weighted by Crippen LogP contribution is -2.19. The molecule has 10 heteroatoms. The van der Waals surface area contributed by atoms with E-state index >= 15 is 0 Å². The van der Waals surface area contributed by atoms with Crippen LogP contribution in [0.3, 0.4) is 0 Å². The average Bonchev–Trinajstić information content (AvgIpc) is 3.23. The molecule has 1 aromatic heterocycles. The van der Waals surface area contributed by atoms with Crippen molar-refractivity contribution in [2.24, 2.45) is 0 Å². The van der Waals surface area contributed by atoms with Crippen LogP contribution in [0.25, 0.3) is 0 Å². The molecule has 0 spiro atoms. The highest BCUT2D eigenvalue weighted by Crippen LogP contribution is 2.38. The lowest BCUT2D eigenvalue weighted by Gasteiger charge is -2.12. The largest absolute Gasteiger partial charge is 0.462 e. The van der Waals surface area contributed by atoms with Crippen LogP contribution in [0.5, 0.6) is 0 Å². The predicted molar refractivity (Wildman–Crippen MR) is 168 cm³/mol. The first kappa shape index (κ1) is 29.8. The number of ketones is 1. The molecule has 0 saturated heterocycles. The number of amides is 1. The summed E-state index contributed by atoms with van der Waals surface area (Å²) in [6, 6.07) is 14.7. The molecule has 1 aliphatic rings. The second-order valence-corrected chi connectivity index (χ2v) is 12.0. The standard InChI is InChI=1S/C30H33N3O4S3/c1-3-37-29(36)27-24-11-6-4-5-7-12-25(24)40-28(27)33-26(35)18-39-23-10-8-9-22(17-23)32-30(38)31-21-15-13-20(14-16-21)19(2)34/h8-10,13-17H,3-7,11-12,18H2,1-2H3,(H,33,35)(H2,31,32,38). The summed E-state index contributed by atoms with van der Waals surface area (Å²) in [4.78, 5) is 39.3. The summed E-state index contributed by atoms with van der Waals surface area (Å²) in [6.07, 6.45) is 6.23. The fraction of sp³-hybridized carbons (Fsp3) is 0.333. The Balaban J connectivity index is 1.36. The minimum Gasteiger partial charge on any atom is -0.462 e. The lowest BCUT2D eigenvalue weighted by molar-refractivity contribution is -0.113. The molecule has 0 saturated carbocycles. The molecule has 1 amide bonds. The van der Waals surface area contributed by atoms with Crippen LogP contribution in [0.1, 0.15) is 70.7 Å². The molecule has 7 nitrogen and oxygen atoms in total. The van der Waals surface area contributed by atoms with E-state index in [9.17, 15) is 14.4 Å². The number of hydrogen-bond donors (Lipinski definition) is 3. The quantitative estimate of drug-likeness (QED) is 0.102. The minimum atomic E-state index is -0.360. The van der Waals surface area contributed by atoms with Crippen LogP contribution in [0, 0.1) is 0 Å². The van der Waals surface area contributed by atoms with Crippen LogP contribution in [0.4, 0.5) is 16.4 Å². The zero-order valence-corrected chi connectivity index (χ0v) is 25.1. The van der Waals surface area contributed by atoms with Gasteiger partial charge in [0.2, 0.25) is 5.91 Å². The van der Waals surface area contributed by atoms with E-state index in [1.54, 1.807) is 31.2 Å². The number of benzene rings is 2. The highest BCUT2D eigenvalue weighted by Gasteiger charge is 2.26. The number of thioether (sulfide) groups is 1. The highest BCUT2D eigenvalue weighted by atomic mass is 32.2. The maximum Gasteiger partial charge on any atom is 0.341 e. The Morgan fingerprint density at radius 3 is 2.40 bits per heavy atom. The zero-order chi connectivity index (χ0) is 28.5. The van der Waals surface area contributed by atoms with Gasteiger partial charge in [-0.2, -0.15) is 0 Å². The molecule has 1 aliphatic carbocycles. The molecular weight excluding hydrogens is 563 g/mol. The second kappa shape index (κ2) is 14.4. The summed E-state index contributed by atoms with van der Waals surface area (Å²) < 4.78 is 5.35. The fourth-order valence-corrected chi connectivity index (χ4v) is 6.77. The van der Waals surface area contributed by atoms with Gasteiger partial charge in [0, 0.05) is 26.7 Å². The third kappa shape index (κ3) is 8.16. The zero-order valence-electron chi connectivity index (χ0n) is 22.6. The Morgan fingerprint density at radius 1 is 0.950 bits per heavy atom. The topological polar surface area (TPSA) is 96.5 Å². The summed E-state index contributed by atoms with van der Waals surface area (Å²) in [5.41, 5.74) is 3.77. The molecule has 0 aliphatic heterocycles. The predicted octanol–water partition coefficient (Wildman–Crippen LogP) is 7.33. The van der Waals surface area contributed by atoms with Crippen LogP contribution in [0.2, 0.25) is 0 Å². The Kier molecular flexibility index (Phi) is 10.7. The monoisotopic (exact) mass is 595 g/mol. The molecule has 40 heavy (non-hydrogen) atoms. The van der Waals surface area contributed by atoms with E-state index in [0.717, 1.165) is 53.9 Å². The molecular formula is C30H33N3O4S3. The number of anilines is 3. The fourth-order valence-electron chi connectivity index (χ4n) is 4.48. The Morgan fingerprint density at radius 2 is 1.68 bits per heavy atom. The number of Topliss-reactive ketones (excluding diaryl/α,β-unsaturated/α-hetero) is 1. The summed E-state index contributed by atoms with van der Waals surface area (Å²) in [7, 11) is 0. The maximum atomic E-state index is 13.0. The van der Waals surface area contributed by atoms with Crippen molar-refractivity contribution in [3.63, 3.8) is 0 Å². The molecule has 0 bridgehead atoms. The van der Waals surface area contributed by atoms with E-state index in [2.05, 4.69) is 16.0 Å². The van der Waals surface area contributed by atoms with Crippen molar-refractivity contribution in [3.05, 3.63) is 70.1 Å². The summed E-state index contributed by atoms with van der Waals surface area (Å²) in [5, 5.41) is 10.3. The van der Waals surface area contributed by atoms with Gasteiger partial charge in [-0.25, -0.2) is 4.79 Å². The van der Waals surface area contributed by atoms with Gasteiger partial charge in [0.25, 0.3) is 0 Å². The normalized spacial score (nSPS) is 12.8. The first-order chi connectivity index (χ1) is 19.3. The number of rotatable bonds is 9. The summed E-state index contributed by atoms with van der Waals surface area (Å²) >= 11 is 8.35. The number of esters is 1. The summed E-state index contributed by atoms with van der Waals surface area (Å²) in [6.45, 7) is 3.62. The van der Waals surface area contributed by atoms with Crippen LogP contribution in [0.15, 0.2) is 53.4 Å². The summed E-state index contributed by atoms with van der Waals surface area (Å²) in [5.74, 6) is -0.328. The first-order valence-electron chi connectivity index (χ1n) is 13.4. The van der Waals surface area contributed by atoms with Crippen LogP contribution in [-0.2, 0) is 22.4 Å². The maximum absolute atomic E-state index is 13.0. The van der Waals surface area contributed by atoms with Gasteiger partial charge in [-0.15, -0.1) is 23.1 Å². The van der Waals surface area contributed by atoms with E-state index < -0.39 is 0 Å². The molecule has 0 unspecified atom stereocenters. The minimum absolute atomic E-state index is 0.00927. The number of ether oxygens (including phenoxy) is 1. The van der Waals surface area contributed by atoms with Crippen molar-refractivity contribution in [3.8, 4) is 0 Å². The smallest absolute Gasteiger partial charge is 0.341 e. The molecule has 4 rings (SSSR count). The SMILES string of the molecule is CCOC(=O)c1c(NC(=O)CSc2cccc(NC(=S)Nc3ccc(C(C)=O)cc3)c2)sc2c1CCCCCC2. The Labute approximate surface area is 248 Å². The number of fused-ring (bicyclic) bond motifs is 1. The Bertz CT molecular complexity index is 1390. The molecule has 0 radical (unpaired) electrons. The third-order valence-electron chi connectivity index (χ3n) is 6.41. The van der Waals surface area contributed by atoms with Gasteiger partial charge in [-0.05, 0) is 99.8 Å². The van der Waals surface area contributed by atoms with Crippen LogP contribution >= 0.6 is 35.3 Å². The van der Waals surface area contributed by atoms with Crippen LogP contribution in [-0.4, -0.2) is 35.1 Å². The molecule has 3 aromatic rings. The number of aryl methyl sites for hydroxylation is 1. The van der Waals surface area contributed by atoms with Gasteiger partial charge in [0.1, 0.15) is 5.00 Å². The van der Waals surface area contributed by atoms with Crippen molar-refractivity contribution < 1.29 is 19.1 Å². The van der Waals surface area contributed by atoms with Crippen molar-refractivity contribution in [2.75, 3.05) is 28.3 Å². The number of carbonyl (C=O) groups is 3. The molecule has 0 atom stereocenters. The van der Waals surface area contributed by atoms with Crippen molar-refractivity contribution >= 4 is 74.5 Å². The molecule has 0 fully saturated rings. The second-order valence-electron chi connectivity index (χ2n) is 9.42. The van der Waals surface area contributed by atoms with Gasteiger partial charge in [-0.3, -0.25) is 9.59 Å². The van der Waals surface area contributed by atoms with E-state index in [0.29, 0.717) is 27.8 Å². The Hall–Kier alpha value is -3.21. The number of thiocarbonyl (C=S) groups is 1. The van der Waals surface area contributed by atoms with E-state index in [1.165, 1.54) is 41.3 Å². The van der Waals surface area contributed by atoms with E-state index in [4.69, 9.17) is 17.0 Å². The van der Waals surface area contributed by atoms with Gasteiger partial charge >= 0.3 is 5.97 Å². The van der Waals surface area contributed by atoms with Gasteiger partial charge in [0.05, 0.1) is 17.9 Å². The highest BCUT2D eigenvalue weighted by molar-refractivity contribution is 8.00. The number of carbonyl (C=O) groups excluding carboxylic acids is 3. The van der Waals surface area contributed by atoms with E-state index in [-0.39, 0.29) is 23.4 Å². The number of nitrogens with one attached hydrogen (secondary N) is 3. The molecule has 2 aromatic carbocycles. The van der Waals surface area contributed by atoms with Gasteiger partial charge in [0.15, 0.2) is 10.9 Å². The number of hydrogen-bond acceptors (Lipinski definition) is 7. The van der Waals surface area contributed by atoms with Crippen molar-refractivity contribution in [1.29, 1.82) is 0 Å². The third-order valence-corrected chi connectivity index (χ3v) is 8.82. The molecule has 3 N–H and O–H groups in total. The van der Waals surface area contributed by atoms with Gasteiger partial charge < -0.3 is 20.7 Å². The molecule has 210 valence electrons.